The number of nitrogens with one attached hydrogen (secondary N) is 2. The van der Waals surface area contributed by atoms with Gasteiger partial charge >= 0.3 is 0 Å². The van der Waals surface area contributed by atoms with Crippen molar-refractivity contribution in [2.24, 2.45) is 11.8 Å². The Balaban J connectivity index is 0.00000243. The van der Waals surface area contributed by atoms with Crippen LogP contribution in [-0.2, 0) is 4.79 Å². The highest BCUT2D eigenvalue weighted by Crippen LogP contribution is 2.23. The van der Waals surface area contributed by atoms with Gasteiger partial charge in [0, 0.05) is 17.8 Å². The number of hydrogen-bond acceptors (Lipinski definition) is 3. The smallest absolute Gasteiger partial charge is 0.224 e. The number of carbonyl (C=O) groups is 1. The third kappa shape index (κ3) is 5.08. The molecule has 0 spiro atoms. The third-order valence-corrected chi connectivity index (χ3v) is 5.03. The average Bonchev–Trinajstić information content (AvgIpc) is 2.94. The van der Waals surface area contributed by atoms with Gasteiger partial charge in [0.05, 0.1) is 11.4 Å². The van der Waals surface area contributed by atoms with Crippen molar-refractivity contribution in [3.63, 3.8) is 0 Å². The molecular formula is C20H29ClN4O. The quantitative estimate of drug-likeness (QED) is 0.832. The van der Waals surface area contributed by atoms with E-state index in [0.29, 0.717) is 18.3 Å². The van der Waals surface area contributed by atoms with Crippen molar-refractivity contribution in [1.82, 2.24) is 15.1 Å². The minimum Gasteiger partial charge on any atom is -0.326 e. The van der Waals surface area contributed by atoms with Gasteiger partial charge in [-0.3, -0.25) is 4.79 Å². The SMILES string of the molecule is Cc1cc(C)n(-c2cccc(NC(=O)CC(C)C3CCCNC3)c2)n1.Cl. The lowest BCUT2D eigenvalue weighted by molar-refractivity contribution is -0.117. The van der Waals surface area contributed by atoms with Crippen LogP contribution in [-0.4, -0.2) is 28.8 Å². The van der Waals surface area contributed by atoms with Crippen LogP contribution in [0.15, 0.2) is 30.3 Å². The fourth-order valence-corrected chi connectivity index (χ4v) is 3.64. The summed E-state index contributed by atoms with van der Waals surface area (Å²) in [5, 5.41) is 11.0. The van der Waals surface area contributed by atoms with Crippen LogP contribution >= 0.6 is 12.4 Å². The summed E-state index contributed by atoms with van der Waals surface area (Å²) in [5.74, 6) is 1.08. The average molecular weight is 377 g/mol. The zero-order chi connectivity index (χ0) is 17.8. The number of carbonyl (C=O) groups excluding carboxylic acids is 1. The highest BCUT2D eigenvalue weighted by atomic mass is 35.5. The summed E-state index contributed by atoms with van der Waals surface area (Å²) in [6.07, 6.45) is 2.99. The minimum absolute atomic E-state index is 0. The van der Waals surface area contributed by atoms with E-state index >= 15 is 0 Å². The molecule has 1 aromatic carbocycles. The second-order valence-electron chi connectivity index (χ2n) is 7.23. The zero-order valence-electron chi connectivity index (χ0n) is 15.8. The molecule has 2 atom stereocenters. The molecule has 1 aliphatic rings. The molecule has 0 saturated carbocycles. The molecule has 26 heavy (non-hydrogen) atoms. The number of hydrogen-bond donors (Lipinski definition) is 2. The monoisotopic (exact) mass is 376 g/mol. The van der Waals surface area contributed by atoms with Gasteiger partial charge in [-0.1, -0.05) is 13.0 Å². The summed E-state index contributed by atoms with van der Waals surface area (Å²) in [4.78, 5) is 12.4. The fourth-order valence-electron chi connectivity index (χ4n) is 3.64. The van der Waals surface area contributed by atoms with E-state index in [1.807, 2.05) is 48.9 Å². The second-order valence-corrected chi connectivity index (χ2v) is 7.23. The van der Waals surface area contributed by atoms with Gasteiger partial charge in [-0.15, -0.1) is 12.4 Å². The summed E-state index contributed by atoms with van der Waals surface area (Å²) in [7, 11) is 0. The second kappa shape index (κ2) is 9.19. The predicted octanol–water partition coefficient (Wildman–Crippen LogP) is 3.88. The lowest BCUT2D eigenvalue weighted by atomic mass is 9.85. The number of rotatable bonds is 5. The number of aryl methyl sites for hydroxylation is 2. The van der Waals surface area contributed by atoms with Crippen LogP contribution in [0.4, 0.5) is 5.69 Å². The first kappa shape index (κ1) is 20.5. The van der Waals surface area contributed by atoms with Crippen molar-refractivity contribution in [2.75, 3.05) is 18.4 Å². The molecule has 2 N–H and O–H groups in total. The van der Waals surface area contributed by atoms with Gasteiger partial charge in [-0.25, -0.2) is 4.68 Å². The van der Waals surface area contributed by atoms with Crippen LogP contribution in [0.2, 0.25) is 0 Å². The van der Waals surface area contributed by atoms with Crippen molar-refractivity contribution in [3.8, 4) is 5.69 Å². The Morgan fingerprint density at radius 3 is 2.85 bits per heavy atom. The van der Waals surface area contributed by atoms with Crippen LogP contribution in [0.1, 0.15) is 37.6 Å². The van der Waals surface area contributed by atoms with Gasteiger partial charge in [0.25, 0.3) is 0 Å². The molecule has 2 heterocycles. The Hall–Kier alpha value is -1.85. The first-order valence-corrected chi connectivity index (χ1v) is 9.17. The molecule has 5 nitrogen and oxygen atoms in total. The Kier molecular flexibility index (Phi) is 7.23. The van der Waals surface area contributed by atoms with Crippen molar-refractivity contribution in [1.29, 1.82) is 0 Å². The van der Waals surface area contributed by atoms with Gasteiger partial charge in [-0.2, -0.15) is 5.10 Å². The molecule has 1 fully saturated rings. The van der Waals surface area contributed by atoms with Gasteiger partial charge in [0.1, 0.15) is 0 Å². The van der Waals surface area contributed by atoms with E-state index in [1.54, 1.807) is 0 Å². The molecule has 1 aliphatic heterocycles. The Morgan fingerprint density at radius 1 is 1.38 bits per heavy atom. The molecule has 2 unspecified atom stereocenters. The number of piperidine rings is 1. The predicted molar refractivity (Wildman–Crippen MR) is 108 cm³/mol. The van der Waals surface area contributed by atoms with Crippen molar-refractivity contribution in [3.05, 3.63) is 41.7 Å². The standard InChI is InChI=1S/C20H28N4O.ClH/c1-14(17-6-5-9-21-13-17)10-20(25)22-18-7-4-8-19(12-18)24-16(3)11-15(2)23-24;/h4,7-8,11-12,14,17,21H,5-6,9-10,13H2,1-3H3,(H,22,25);1H. The first-order chi connectivity index (χ1) is 12.0. The van der Waals surface area contributed by atoms with Crippen LogP contribution < -0.4 is 10.6 Å². The zero-order valence-corrected chi connectivity index (χ0v) is 16.6. The third-order valence-electron chi connectivity index (χ3n) is 5.03. The first-order valence-electron chi connectivity index (χ1n) is 9.17. The largest absolute Gasteiger partial charge is 0.326 e. The molecule has 142 valence electrons. The maximum absolute atomic E-state index is 12.4. The summed E-state index contributed by atoms with van der Waals surface area (Å²) >= 11 is 0. The van der Waals surface area contributed by atoms with Gasteiger partial charge in [0.15, 0.2) is 0 Å². The summed E-state index contributed by atoms with van der Waals surface area (Å²) in [6, 6.07) is 9.91. The van der Waals surface area contributed by atoms with Crippen molar-refractivity contribution < 1.29 is 4.79 Å². The molecule has 0 bridgehead atoms. The fraction of sp³-hybridized carbons (Fsp3) is 0.500. The van der Waals surface area contributed by atoms with Crippen LogP contribution in [0.25, 0.3) is 5.69 Å². The van der Waals surface area contributed by atoms with E-state index in [2.05, 4.69) is 22.7 Å². The lowest BCUT2D eigenvalue weighted by Crippen LogP contribution is -2.34. The number of benzene rings is 1. The van der Waals surface area contributed by atoms with Crippen LogP contribution in [0, 0.1) is 25.7 Å². The lowest BCUT2D eigenvalue weighted by Gasteiger charge is -2.28. The Bertz CT molecular complexity index is 737. The summed E-state index contributed by atoms with van der Waals surface area (Å²) in [6.45, 7) is 8.34. The van der Waals surface area contributed by atoms with Crippen molar-refractivity contribution in [2.45, 2.75) is 40.0 Å². The van der Waals surface area contributed by atoms with E-state index in [-0.39, 0.29) is 18.3 Å². The molecule has 1 aromatic heterocycles. The Labute approximate surface area is 162 Å². The maximum atomic E-state index is 12.4. The molecule has 6 heteroatoms. The molecule has 2 aromatic rings. The number of nitrogens with zero attached hydrogens (tertiary/aromatic N) is 2. The number of halogens is 1. The van der Waals surface area contributed by atoms with Gasteiger partial charge < -0.3 is 10.6 Å². The molecule has 1 saturated heterocycles. The summed E-state index contributed by atoms with van der Waals surface area (Å²) < 4.78 is 1.90. The molecule has 0 radical (unpaired) electrons. The number of anilines is 1. The van der Waals surface area contributed by atoms with Crippen LogP contribution in [0.3, 0.4) is 0 Å². The van der Waals surface area contributed by atoms with E-state index in [0.717, 1.165) is 35.9 Å². The molecule has 3 rings (SSSR count). The molecule has 1 amide bonds. The van der Waals surface area contributed by atoms with Crippen LogP contribution in [0.5, 0.6) is 0 Å². The van der Waals surface area contributed by atoms with Crippen molar-refractivity contribution >= 4 is 24.0 Å². The topological polar surface area (TPSA) is 59.0 Å². The van der Waals surface area contributed by atoms with E-state index < -0.39 is 0 Å². The Morgan fingerprint density at radius 2 is 2.19 bits per heavy atom. The minimum atomic E-state index is 0. The van der Waals surface area contributed by atoms with Gasteiger partial charge in [-0.05, 0) is 75.9 Å². The highest BCUT2D eigenvalue weighted by molar-refractivity contribution is 5.91. The maximum Gasteiger partial charge on any atom is 0.224 e. The number of amides is 1. The summed E-state index contributed by atoms with van der Waals surface area (Å²) in [5.41, 5.74) is 3.86. The van der Waals surface area contributed by atoms with Gasteiger partial charge in [0.2, 0.25) is 5.91 Å². The molecule has 0 aliphatic carbocycles. The molecular weight excluding hydrogens is 348 g/mol. The highest BCUT2D eigenvalue weighted by Gasteiger charge is 2.22. The number of aromatic nitrogens is 2. The van der Waals surface area contributed by atoms with E-state index in [9.17, 15) is 4.79 Å². The van der Waals surface area contributed by atoms with E-state index in [1.165, 1.54) is 12.8 Å². The normalized spacial score (nSPS) is 18.0. The van der Waals surface area contributed by atoms with E-state index in [4.69, 9.17) is 0 Å².